The predicted molar refractivity (Wildman–Crippen MR) is 144 cm³/mol. The molecule has 4 atom stereocenters. The lowest BCUT2D eigenvalue weighted by Crippen LogP contribution is -2.47. The number of carbonyl (C=O) groups excluding carboxylic acids is 2. The first kappa shape index (κ1) is 24.8. The summed E-state index contributed by atoms with van der Waals surface area (Å²) in [5.41, 5.74) is 1.23. The number of benzene rings is 3. The first-order valence-corrected chi connectivity index (χ1v) is 12.8. The van der Waals surface area contributed by atoms with Crippen LogP contribution >= 0.6 is 15.9 Å². The summed E-state index contributed by atoms with van der Waals surface area (Å²) in [5.74, 6) is -1.01. The van der Waals surface area contributed by atoms with E-state index in [4.69, 9.17) is 9.47 Å². The molecule has 3 aromatic rings. The molecular weight excluding hydrogens is 532 g/mol. The molecule has 2 aliphatic rings. The van der Waals surface area contributed by atoms with E-state index < -0.39 is 29.4 Å². The third-order valence-corrected chi connectivity index (χ3v) is 7.83. The summed E-state index contributed by atoms with van der Waals surface area (Å²) in [6.45, 7) is 1.84. The third kappa shape index (κ3) is 3.84. The van der Waals surface area contributed by atoms with Gasteiger partial charge in [-0.3, -0.25) is 9.59 Å². The van der Waals surface area contributed by atoms with Crippen molar-refractivity contribution < 1.29 is 19.1 Å². The fraction of sp³-hybridized carbons (Fsp3) is 0.233. The predicted octanol–water partition coefficient (Wildman–Crippen LogP) is 5.78. The van der Waals surface area contributed by atoms with Crippen LogP contribution in [-0.4, -0.2) is 37.6 Å². The number of hydrogen-bond donors (Lipinski definition) is 0. The number of anilines is 1. The molecule has 0 aromatic heterocycles. The molecule has 1 saturated heterocycles. The van der Waals surface area contributed by atoms with Crippen molar-refractivity contribution in [2.24, 2.45) is 5.41 Å². The molecule has 0 aliphatic carbocycles. The summed E-state index contributed by atoms with van der Waals surface area (Å²) in [7, 11) is 1.56. The number of rotatable bonds is 6. The van der Waals surface area contributed by atoms with Gasteiger partial charge in [-0.05, 0) is 58.2 Å². The number of methoxy groups -OCH3 is 1. The van der Waals surface area contributed by atoms with E-state index in [1.807, 2.05) is 71.6 Å². The standard InChI is InChI=1S/C30H25BrN2O4/c1-3-37-29(35)30(18-32)25-16-14-19-9-7-8-12-23(19)33(25)27(26(30)20-10-5-4-6-11-20)28(34)21-13-15-24(36-2)22(31)17-21/h4-17,25-27H,3H2,1-2H3/t25-,26-,27-,30+/m0/s1. The van der Waals surface area contributed by atoms with Gasteiger partial charge in [0.05, 0.1) is 30.3 Å². The number of halogens is 1. The molecule has 2 aliphatic heterocycles. The fourth-order valence-corrected chi connectivity index (χ4v) is 6.18. The quantitative estimate of drug-likeness (QED) is 0.283. The Morgan fingerprint density at radius 1 is 1.08 bits per heavy atom. The highest BCUT2D eigenvalue weighted by molar-refractivity contribution is 9.10. The zero-order chi connectivity index (χ0) is 26.2. The SMILES string of the molecule is CCOC(=O)[C@]1(C#N)[C@@H]2C=Cc3ccccc3N2[C@H](C(=O)c2ccc(OC)c(Br)c2)[C@@H]1c1ccccc1. The van der Waals surface area contributed by atoms with Crippen LogP contribution in [-0.2, 0) is 9.53 Å². The first-order valence-electron chi connectivity index (χ1n) is 12.0. The minimum absolute atomic E-state index is 0.126. The molecular formula is C30H25BrN2O4. The molecule has 186 valence electrons. The van der Waals surface area contributed by atoms with Gasteiger partial charge in [0, 0.05) is 17.2 Å². The Morgan fingerprint density at radius 3 is 2.49 bits per heavy atom. The van der Waals surface area contributed by atoms with Crippen molar-refractivity contribution in [3.63, 3.8) is 0 Å². The maximum atomic E-state index is 14.4. The molecule has 5 rings (SSSR count). The smallest absolute Gasteiger partial charge is 0.329 e. The van der Waals surface area contributed by atoms with E-state index in [-0.39, 0.29) is 12.4 Å². The van der Waals surface area contributed by atoms with Crippen molar-refractivity contribution >= 4 is 39.4 Å². The van der Waals surface area contributed by atoms with Crippen LogP contribution in [0.25, 0.3) is 6.08 Å². The Kier molecular flexibility index (Phi) is 6.61. The number of fused-ring (bicyclic) bond motifs is 3. The maximum absolute atomic E-state index is 14.4. The Balaban J connectivity index is 1.79. The molecule has 0 radical (unpaired) electrons. The van der Waals surface area contributed by atoms with E-state index in [0.29, 0.717) is 15.8 Å². The van der Waals surface area contributed by atoms with Gasteiger partial charge < -0.3 is 14.4 Å². The zero-order valence-electron chi connectivity index (χ0n) is 20.4. The van der Waals surface area contributed by atoms with Crippen molar-refractivity contribution in [1.82, 2.24) is 0 Å². The van der Waals surface area contributed by atoms with Crippen LogP contribution in [0.4, 0.5) is 5.69 Å². The van der Waals surface area contributed by atoms with Gasteiger partial charge in [-0.15, -0.1) is 0 Å². The summed E-state index contributed by atoms with van der Waals surface area (Å²) in [6.07, 6.45) is 3.77. The molecule has 1 fully saturated rings. The summed E-state index contributed by atoms with van der Waals surface area (Å²) in [5, 5.41) is 10.8. The average molecular weight is 557 g/mol. The van der Waals surface area contributed by atoms with Gasteiger partial charge in [-0.25, -0.2) is 0 Å². The number of carbonyl (C=O) groups is 2. The monoisotopic (exact) mass is 556 g/mol. The number of ether oxygens (including phenoxy) is 2. The number of ketones is 1. The lowest BCUT2D eigenvalue weighted by atomic mass is 9.68. The van der Waals surface area contributed by atoms with Gasteiger partial charge in [0.1, 0.15) is 11.8 Å². The average Bonchev–Trinajstić information content (AvgIpc) is 3.25. The van der Waals surface area contributed by atoms with Gasteiger partial charge in [0.15, 0.2) is 11.2 Å². The Hall–Kier alpha value is -3.89. The largest absolute Gasteiger partial charge is 0.496 e. The lowest BCUT2D eigenvalue weighted by molar-refractivity contribution is -0.152. The molecule has 0 bridgehead atoms. The second-order valence-corrected chi connectivity index (χ2v) is 9.87. The van der Waals surface area contributed by atoms with Gasteiger partial charge in [0.25, 0.3) is 0 Å². The first-order chi connectivity index (χ1) is 18.0. The Labute approximate surface area is 224 Å². The van der Waals surface area contributed by atoms with Crippen LogP contribution in [0.3, 0.4) is 0 Å². The molecule has 0 unspecified atom stereocenters. The number of para-hydroxylation sites is 1. The van der Waals surface area contributed by atoms with Crippen LogP contribution in [0.15, 0.2) is 83.3 Å². The number of hydrogen-bond acceptors (Lipinski definition) is 6. The summed E-state index contributed by atoms with van der Waals surface area (Å²) < 4.78 is 11.5. The highest BCUT2D eigenvalue weighted by Crippen LogP contribution is 2.56. The number of esters is 1. The van der Waals surface area contributed by atoms with Gasteiger partial charge in [-0.2, -0.15) is 5.26 Å². The van der Waals surface area contributed by atoms with E-state index in [1.54, 1.807) is 32.2 Å². The minimum Gasteiger partial charge on any atom is -0.496 e. The van der Waals surface area contributed by atoms with E-state index in [9.17, 15) is 14.9 Å². The molecule has 37 heavy (non-hydrogen) atoms. The molecule has 2 heterocycles. The molecule has 0 N–H and O–H groups in total. The number of Topliss-reactive ketones (excluding diaryl/α,β-unsaturated/α-hetero) is 1. The molecule has 3 aromatic carbocycles. The van der Waals surface area contributed by atoms with Gasteiger partial charge >= 0.3 is 5.97 Å². The molecule has 0 spiro atoms. The van der Waals surface area contributed by atoms with E-state index in [1.165, 1.54) is 0 Å². The second kappa shape index (κ2) is 9.87. The molecule has 0 amide bonds. The van der Waals surface area contributed by atoms with Crippen molar-refractivity contribution in [3.8, 4) is 11.8 Å². The van der Waals surface area contributed by atoms with Crippen LogP contribution in [0.2, 0.25) is 0 Å². The minimum atomic E-state index is -1.65. The molecule has 0 saturated carbocycles. The van der Waals surface area contributed by atoms with E-state index in [0.717, 1.165) is 16.8 Å². The third-order valence-electron chi connectivity index (χ3n) is 7.21. The van der Waals surface area contributed by atoms with Crippen LogP contribution in [0.1, 0.15) is 34.3 Å². The summed E-state index contributed by atoms with van der Waals surface area (Å²) in [6, 6.07) is 23.0. The van der Waals surface area contributed by atoms with Crippen LogP contribution in [0.5, 0.6) is 5.75 Å². The van der Waals surface area contributed by atoms with Crippen molar-refractivity contribution in [2.75, 3.05) is 18.6 Å². The Morgan fingerprint density at radius 2 is 1.81 bits per heavy atom. The van der Waals surface area contributed by atoms with Crippen LogP contribution in [0, 0.1) is 16.7 Å². The topological polar surface area (TPSA) is 79.6 Å². The van der Waals surface area contributed by atoms with Gasteiger partial charge in [0.2, 0.25) is 0 Å². The molecule has 7 heteroatoms. The van der Waals surface area contributed by atoms with E-state index in [2.05, 4.69) is 22.0 Å². The van der Waals surface area contributed by atoms with Crippen molar-refractivity contribution in [2.45, 2.75) is 24.9 Å². The van der Waals surface area contributed by atoms with Crippen molar-refractivity contribution in [1.29, 1.82) is 5.26 Å². The van der Waals surface area contributed by atoms with E-state index >= 15 is 0 Å². The molecule has 6 nitrogen and oxygen atoms in total. The summed E-state index contributed by atoms with van der Waals surface area (Å²) in [4.78, 5) is 30.1. The van der Waals surface area contributed by atoms with Crippen LogP contribution < -0.4 is 9.64 Å². The van der Waals surface area contributed by atoms with Crippen molar-refractivity contribution in [3.05, 3.63) is 100 Å². The zero-order valence-corrected chi connectivity index (χ0v) is 22.0. The maximum Gasteiger partial charge on any atom is 0.329 e. The number of nitrogens with zero attached hydrogens (tertiary/aromatic N) is 2. The normalized spacial score (nSPS) is 23.5. The Bertz CT molecular complexity index is 1430. The highest BCUT2D eigenvalue weighted by Gasteiger charge is 2.67. The highest BCUT2D eigenvalue weighted by atomic mass is 79.9. The number of nitriles is 1. The van der Waals surface area contributed by atoms with Gasteiger partial charge in [-0.1, -0.05) is 60.7 Å². The lowest BCUT2D eigenvalue weighted by Gasteiger charge is -2.36. The second-order valence-electron chi connectivity index (χ2n) is 9.02. The fourth-order valence-electron chi connectivity index (χ4n) is 5.64. The summed E-state index contributed by atoms with van der Waals surface area (Å²) >= 11 is 3.49.